The number of nitrogens with zero attached hydrogens (tertiary/aromatic N) is 2. The van der Waals surface area contributed by atoms with Gasteiger partial charge in [0.2, 0.25) is 22.8 Å². The smallest absolute Gasteiger partial charge is 0.664 e. The number of rotatable bonds is 23. The predicted octanol–water partition coefficient (Wildman–Crippen LogP) is 12.4. The second-order valence-corrected chi connectivity index (χ2v) is 21.9. The number of ether oxygens (including phenoxy) is 2. The Bertz CT molecular complexity index is 2550. The minimum atomic E-state index is -0.451. The van der Waals surface area contributed by atoms with Gasteiger partial charge in [-0.2, -0.15) is 0 Å². The number of nitrogens with one attached hydrogen (secondary N) is 3. The number of carbonyl (C=O) groups excluding carboxylic acids is 3. The van der Waals surface area contributed by atoms with Crippen molar-refractivity contribution in [3.8, 4) is 0 Å². The number of carbonyl (C=O) groups is 3. The van der Waals surface area contributed by atoms with Gasteiger partial charge in [-0.25, -0.2) is 9.97 Å². The number of esters is 2. The number of allylic oxidation sites excluding steroid dienone is 5. The van der Waals surface area contributed by atoms with Gasteiger partial charge >= 0.3 is 35.0 Å². The zero-order valence-corrected chi connectivity index (χ0v) is 47.5. The largest absolute Gasteiger partial charge is 2.00 e. The first-order chi connectivity index (χ1) is 34.0. The molecule has 6 rings (SSSR count). The molecule has 386 valence electrons. The molecule has 1 aliphatic carbocycles. The van der Waals surface area contributed by atoms with E-state index in [9.17, 15) is 14.4 Å². The van der Waals surface area contributed by atoms with Crippen LogP contribution in [0.15, 0.2) is 42.5 Å². The Balaban J connectivity index is 0.00000963. The number of fused-ring (bicyclic) bond motifs is 8. The second-order valence-electron chi connectivity index (χ2n) is 21.9. The van der Waals surface area contributed by atoms with Gasteiger partial charge in [0.1, 0.15) is 12.2 Å². The van der Waals surface area contributed by atoms with Crippen LogP contribution in [0.2, 0.25) is 0 Å². The summed E-state index contributed by atoms with van der Waals surface area (Å²) in [4.78, 5) is 59.9. The van der Waals surface area contributed by atoms with E-state index in [0.717, 1.165) is 125 Å². The van der Waals surface area contributed by atoms with E-state index >= 15 is 0 Å². The van der Waals surface area contributed by atoms with Crippen molar-refractivity contribution in [3.63, 3.8) is 0 Å². The summed E-state index contributed by atoms with van der Waals surface area (Å²) in [6, 6.07) is 6.28. The Morgan fingerprint density at radius 2 is 1.47 bits per heavy atom. The van der Waals surface area contributed by atoms with E-state index in [0.29, 0.717) is 34.9 Å². The van der Waals surface area contributed by atoms with E-state index in [4.69, 9.17) is 19.4 Å². The molecule has 0 aromatic carbocycles. The van der Waals surface area contributed by atoms with Crippen molar-refractivity contribution < 1.29 is 33.8 Å². The summed E-state index contributed by atoms with van der Waals surface area (Å²) < 4.78 is 11.2. The SMILES string of the molecule is C=CC1=C(C)c2cc3[n-]c(c(CC(=O)OC)c4[nH+]c(cc5[n-]c(cc1[nH+]2)c(C)c5CC)C(C)=C4C(=O)NC1CCCCC1)C(CCC(=O)OCC=C(C)CCCC(C)CCCC(C)CCCC(C)C)C3C.[Mg+2]. The van der Waals surface area contributed by atoms with Crippen molar-refractivity contribution in [1.82, 2.24) is 15.3 Å². The topological polar surface area (TPSA) is 138 Å². The fraction of sp³-hybridized carbons (Fsp3) is 0.590. The molecule has 5 heterocycles. The third kappa shape index (κ3) is 15.1. The normalized spacial score (nSPS) is 17.6. The molecule has 2 aromatic rings. The van der Waals surface area contributed by atoms with Crippen LogP contribution in [-0.4, -0.2) is 60.7 Å². The summed E-state index contributed by atoms with van der Waals surface area (Å²) >= 11 is 0. The van der Waals surface area contributed by atoms with E-state index in [2.05, 4.69) is 96.3 Å². The van der Waals surface area contributed by atoms with Crippen LogP contribution < -0.4 is 25.3 Å². The maximum absolute atomic E-state index is 14.7. The average Bonchev–Trinajstić information content (AvgIpc) is 4.02. The maximum Gasteiger partial charge on any atom is 2.00 e. The molecule has 4 unspecified atom stereocenters. The molecule has 0 spiro atoms. The Morgan fingerprint density at radius 1 is 0.819 bits per heavy atom. The molecule has 3 N–H and O–H groups in total. The zero-order valence-electron chi connectivity index (χ0n) is 46.1. The average molecular weight is 995 g/mol. The quantitative estimate of drug-likeness (QED) is 0.0664. The predicted molar refractivity (Wildman–Crippen MR) is 293 cm³/mol. The third-order valence-corrected chi connectivity index (χ3v) is 15.9. The van der Waals surface area contributed by atoms with Crippen LogP contribution in [0.25, 0.3) is 33.3 Å². The molecule has 0 radical (unpaired) electrons. The molecule has 10 nitrogen and oxygen atoms in total. The van der Waals surface area contributed by atoms with E-state index < -0.39 is 5.97 Å². The van der Waals surface area contributed by atoms with Crippen LogP contribution in [-0.2, 0) is 36.7 Å². The summed E-state index contributed by atoms with van der Waals surface area (Å²) in [5.74, 6) is 0.976. The standard InChI is InChI=1S/C61H86N5O5.Mg/c1-13-46-41(8)50-34-52-43(10)48(29-30-56(67)71-32-31-40(7)26-20-25-39(6)24-19-23-38(5)22-18-21-37(3)4)59(65-52)49(33-57(68)70-12)60-58(61(69)62-45-27-16-15-17-28-45)44(11)53(66-60)36-55-47(14-2)42(9)51(64-55)35-54(46)63-50;/h13,31,34-39,43,45,48H,1,14-30,32-33H2,2-12H3,(H2-,62,63,64,65,66,69);/q-1;+2/p+1. The van der Waals surface area contributed by atoms with Gasteiger partial charge in [0.05, 0.1) is 19.1 Å². The zero-order chi connectivity index (χ0) is 51.4. The van der Waals surface area contributed by atoms with E-state index in [1.54, 1.807) is 0 Å². The van der Waals surface area contributed by atoms with Crippen molar-refractivity contribution in [1.29, 1.82) is 0 Å². The van der Waals surface area contributed by atoms with Gasteiger partial charge in [-0.1, -0.05) is 135 Å². The summed E-state index contributed by atoms with van der Waals surface area (Å²) in [7, 11) is 1.38. The first-order valence-corrected chi connectivity index (χ1v) is 27.3. The summed E-state index contributed by atoms with van der Waals surface area (Å²) in [5, 5.41) is 3.38. The van der Waals surface area contributed by atoms with E-state index in [-0.39, 0.29) is 72.3 Å². The monoisotopic (exact) mass is 994 g/mol. The van der Waals surface area contributed by atoms with Crippen molar-refractivity contribution in [2.45, 2.75) is 203 Å². The Labute approximate surface area is 448 Å². The molecule has 11 heteroatoms. The molecule has 8 bridgehead atoms. The molecule has 1 saturated carbocycles. The molecule has 0 saturated heterocycles. The molecule has 1 fully saturated rings. The third-order valence-electron chi connectivity index (χ3n) is 15.9. The molecule has 4 aliphatic rings. The van der Waals surface area contributed by atoms with Crippen LogP contribution in [0.1, 0.15) is 228 Å². The number of aryl methyl sites for hydroxylation is 2. The van der Waals surface area contributed by atoms with Crippen LogP contribution in [0.3, 0.4) is 0 Å². The van der Waals surface area contributed by atoms with Crippen molar-refractivity contribution in [2.75, 3.05) is 13.7 Å². The molecule has 4 atom stereocenters. The van der Waals surface area contributed by atoms with Gasteiger partial charge < -0.3 is 24.8 Å². The number of methoxy groups -OCH3 is 1. The molecule has 3 aliphatic heterocycles. The first kappa shape index (κ1) is 58.4. The number of amides is 1. The van der Waals surface area contributed by atoms with Gasteiger partial charge in [-0.15, -0.1) is 22.4 Å². The van der Waals surface area contributed by atoms with Crippen molar-refractivity contribution in [2.24, 2.45) is 17.8 Å². The van der Waals surface area contributed by atoms with Gasteiger partial charge in [-0.05, 0) is 120 Å². The minimum absolute atomic E-state index is 0. The number of aromatic amines is 2. The molecule has 2 aromatic heterocycles. The molecular formula is C61H87MgN5O5+2. The molecular weight excluding hydrogens is 907 g/mol. The van der Waals surface area contributed by atoms with Gasteiger partial charge in [-0.3, -0.25) is 14.4 Å². The number of aromatic nitrogens is 4. The van der Waals surface area contributed by atoms with Gasteiger partial charge in [0, 0.05) is 29.2 Å². The Hall–Kier alpha value is -4.48. The first-order valence-electron chi connectivity index (χ1n) is 27.3. The number of hydrogen-bond acceptors (Lipinski definition) is 5. The summed E-state index contributed by atoms with van der Waals surface area (Å²) in [6.45, 7) is 26.4. The van der Waals surface area contributed by atoms with E-state index in [1.807, 2.05) is 25.1 Å². The fourth-order valence-electron chi connectivity index (χ4n) is 11.3. The second kappa shape index (κ2) is 27.7. The van der Waals surface area contributed by atoms with Gasteiger partial charge in [0.25, 0.3) is 5.91 Å². The van der Waals surface area contributed by atoms with E-state index in [1.165, 1.54) is 57.6 Å². The van der Waals surface area contributed by atoms with Gasteiger partial charge in [0.15, 0.2) is 0 Å². The molecule has 1 amide bonds. The van der Waals surface area contributed by atoms with Crippen molar-refractivity contribution in [3.05, 3.63) is 93.4 Å². The Morgan fingerprint density at radius 3 is 2.12 bits per heavy atom. The maximum atomic E-state index is 14.7. The summed E-state index contributed by atoms with van der Waals surface area (Å²) in [5.41, 5.74) is 13.5. The fourth-order valence-corrected chi connectivity index (χ4v) is 11.3. The number of H-pyrrole nitrogens is 2. The van der Waals surface area contributed by atoms with Crippen molar-refractivity contribution >= 4 is 74.2 Å². The summed E-state index contributed by atoms with van der Waals surface area (Å²) in [6.07, 6.45) is 21.6. The van der Waals surface area contributed by atoms with Crippen LogP contribution >= 0.6 is 0 Å². The van der Waals surface area contributed by atoms with Crippen LogP contribution in [0.5, 0.6) is 0 Å². The van der Waals surface area contributed by atoms with Crippen LogP contribution in [0.4, 0.5) is 0 Å². The number of hydrogen-bond donors (Lipinski definition) is 1. The minimum Gasteiger partial charge on any atom is -0.664 e. The Kier molecular flexibility index (Phi) is 22.5. The molecule has 72 heavy (non-hydrogen) atoms. The van der Waals surface area contributed by atoms with Crippen LogP contribution in [0, 0.1) is 24.7 Å².